The molecule has 15 heavy (non-hydrogen) atoms. The number of hydrogen-bond donors (Lipinski definition) is 1. The molecule has 2 nitrogen and oxygen atoms in total. The van der Waals surface area contributed by atoms with Crippen LogP contribution in [-0.2, 0) is 0 Å². The van der Waals surface area contributed by atoms with Crippen LogP contribution in [0.4, 0.5) is 0 Å². The number of carbonyl (C=O) groups excluding carboxylic acids is 1. The predicted molar refractivity (Wildman–Crippen MR) is 61.4 cm³/mol. The van der Waals surface area contributed by atoms with E-state index in [1.807, 2.05) is 27.7 Å². The first-order chi connectivity index (χ1) is 6.99. The lowest BCUT2D eigenvalue weighted by molar-refractivity contribution is 0.0955. The van der Waals surface area contributed by atoms with Crippen molar-refractivity contribution in [3.63, 3.8) is 0 Å². The average Bonchev–Trinajstić information content (AvgIpc) is 2.16. The number of aryl methyl sites for hydroxylation is 2. The third kappa shape index (κ3) is 2.26. The Morgan fingerprint density at radius 1 is 1.13 bits per heavy atom. The van der Waals surface area contributed by atoms with Crippen LogP contribution in [0.2, 0.25) is 0 Å². The topological polar surface area (TPSA) is 37.3 Å². The third-order valence-corrected chi connectivity index (χ3v) is 2.98. The maximum Gasteiger partial charge on any atom is 0.165 e. The summed E-state index contributed by atoms with van der Waals surface area (Å²) in [7, 11) is 0. The van der Waals surface area contributed by atoms with Crippen LogP contribution in [0.15, 0.2) is 6.07 Å². The van der Waals surface area contributed by atoms with Crippen LogP contribution in [0.25, 0.3) is 0 Å². The van der Waals surface area contributed by atoms with E-state index >= 15 is 0 Å². The van der Waals surface area contributed by atoms with Crippen molar-refractivity contribution in [3.8, 4) is 0 Å². The van der Waals surface area contributed by atoms with E-state index in [0.717, 1.165) is 27.8 Å². The van der Waals surface area contributed by atoms with Gasteiger partial charge in [0.15, 0.2) is 5.78 Å². The molecule has 0 saturated carbocycles. The molecule has 1 rings (SSSR count). The van der Waals surface area contributed by atoms with E-state index in [9.17, 15) is 4.79 Å². The lowest BCUT2D eigenvalue weighted by Crippen LogP contribution is -2.09. The van der Waals surface area contributed by atoms with Gasteiger partial charge >= 0.3 is 0 Å². The van der Waals surface area contributed by atoms with Crippen molar-refractivity contribution in [2.45, 2.75) is 34.1 Å². The van der Waals surface area contributed by atoms with Gasteiger partial charge < -0.3 is 5.11 Å². The summed E-state index contributed by atoms with van der Waals surface area (Å²) < 4.78 is 0. The summed E-state index contributed by atoms with van der Waals surface area (Å²) in [6.07, 6.45) is 0.213. The SMILES string of the molecule is Cc1cc(C)c(C)c(C(=O)CCO)c1C. The highest BCUT2D eigenvalue weighted by atomic mass is 16.3. The minimum absolute atomic E-state index is 0.0410. The van der Waals surface area contributed by atoms with Crippen molar-refractivity contribution in [2.24, 2.45) is 0 Å². The Labute approximate surface area is 90.9 Å². The number of ketones is 1. The van der Waals surface area contributed by atoms with Crippen LogP contribution in [0.5, 0.6) is 0 Å². The Hall–Kier alpha value is -1.15. The quantitative estimate of drug-likeness (QED) is 0.771. The van der Waals surface area contributed by atoms with Crippen LogP contribution >= 0.6 is 0 Å². The van der Waals surface area contributed by atoms with Crippen molar-refractivity contribution >= 4 is 5.78 Å². The smallest absolute Gasteiger partial charge is 0.165 e. The number of carbonyl (C=O) groups is 1. The van der Waals surface area contributed by atoms with E-state index in [2.05, 4.69) is 6.07 Å². The molecule has 2 heteroatoms. The van der Waals surface area contributed by atoms with E-state index in [0.29, 0.717) is 0 Å². The highest BCUT2D eigenvalue weighted by Gasteiger charge is 2.14. The molecule has 0 bridgehead atoms. The van der Waals surface area contributed by atoms with E-state index < -0.39 is 0 Å². The molecule has 0 spiro atoms. The van der Waals surface area contributed by atoms with Gasteiger partial charge in [0.2, 0.25) is 0 Å². The van der Waals surface area contributed by atoms with E-state index in [4.69, 9.17) is 5.11 Å². The summed E-state index contributed by atoms with van der Waals surface area (Å²) in [6, 6.07) is 2.10. The van der Waals surface area contributed by atoms with Gasteiger partial charge in [0, 0.05) is 12.0 Å². The average molecular weight is 206 g/mol. The summed E-state index contributed by atoms with van der Waals surface area (Å²) in [5, 5.41) is 8.80. The molecule has 0 radical (unpaired) electrons. The van der Waals surface area contributed by atoms with Crippen LogP contribution in [0.1, 0.15) is 39.0 Å². The third-order valence-electron chi connectivity index (χ3n) is 2.98. The Morgan fingerprint density at radius 2 is 1.60 bits per heavy atom. The van der Waals surface area contributed by atoms with E-state index in [1.54, 1.807) is 0 Å². The molecule has 0 fully saturated rings. The van der Waals surface area contributed by atoms with Crippen LogP contribution < -0.4 is 0 Å². The molecule has 0 aliphatic heterocycles. The minimum atomic E-state index is -0.0787. The summed E-state index contributed by atoms with van der Waals surface area (Å²) in [5.74, 6) is 0.0410. The number of aliphatic hydroxyl groups excluding tert-OH is 1. The molecule has 82 valence electrons. The molecule has 1 N–H and O–H groups in total. The predicted octanol–water partition coefficient (Wildman–Crippen LogP) is 2.49. The first-order valence-electron chi connectivity index (χ1n) is 5.20. The maximum atomic E-state index is 11.8. The standard InChI is InChI=1S/C13H18O2/c1-8-7-9(2)11(4)13(10(8)3)12(15)5-6-14/h7,14H,5-6H2,1-4H3. The van der Waals surface area contributed by atoms with Gasteiger partial charge in [0.05, 0.1) is 6.61 Å². The van der Waals surface area contributed by atoms with Gasteiger partial charge in [-0.3, -0.25) is 4.79 Å². The summed E-state index contributed by atoms with van der Waals surface area (Å²) in [4.78, 5) is 11.8. The fraction of sp³-hybridized carbons (Fsp3) is 0.462. The number of Topliss-reactive ketones (excluding diaryl/α,β-unsaturated/α-hetero) is 1. The van der Waals surface area contributed by atoms with E-state index in [1.165, 1.54) is 0 Å². The zero-order chi connectivity index (χ0) is 11.6. The Balaban J connectivity index is 3.32. The summed E-state index contributed by atoms with van der Waals surface area (Å²) in [6.45, 7) is 7.87. The minimum Gasteiger partial charge on any atom is -0.396 e. The Morgan fingerprint density at radius 3 is 2.00 bits per heavy atom. The second kappa shape index (κ2) is 4.58. The molecule has 0 atom stereocenters. The molecule has 0 amide bonds. The van der Waals surface area contributed by atoms with Crippen molar-refractivity contribution < 1.29 is 9.90 Å². The Bertz CT molecular complexity index is 366. The largest absolute Gasteiger partial charge is 0.396 e. The second-order valence-electron chi connectivity index (χ2n) is 4.03. The van der Waals surface area contributed by atoms with Gasteiger partial charge in [-0.2, -0.15) is 0 Å². The fourth-order valence-corrected chi connectivity index (χ4v) is 1.86. The summed E-state index contributed by atoms with van der Waals surface area (Å²) in [5.41, 5.74) is 5.15. The molecule has 0 heterocycles. The van der Waals surface area contributed by atoms with Gasteiger partial charge in [-0.15, -0.1) is 0 Å². The second-order valence-corrected chi connectivity index (χ2v) is 4.03. The molecule has 0 aliphatic carbocycles. The normalized spacial score (nSPS) is 10.5. The van der Waals surface area contributed by atoms with Gasteiger partial charge in [0.25, 0.3) is 0 Å². The molecular formula is C13H18O2. The van der Waals surface area contributed by atoms with Crippen molar-refractivity contribution in [2.75, 3.05) is 6.61 Å². The lowest BCUT2D eigenvalue weighted by Gasteiger charge is -2.13. The zero-order valence-corrected chi connectivity index (χ0v) is 9.85. The molecule has 0 aromatic heterocycles. The maximum absolute atomic E-state index is 11.8. The molecule has 1 aromatic rings. The number of benzene rings is 1. The zero-order valence-electron chi connectivity index (χ0n) is 9.85. The molecule has 0 unspecified atom stereocenters. The molecule has 0 aliphatic rings. The van der Waals surface area contributed by atoms with Gasteiger partial charge in [-0.1, -0.05) is 6.07 Å². The van der Waals surface area contributed by atoms with Crippen molar-refractivity contribution in [3.05, 3.63) is 33.9 Å². The van der Waals surface area contributed by atoms with Crippen LogP contribution in [0.3, 0.4) is 0 Å². The van der Waals surface area contributed by atoms with Crippen LogP contribution in [-0.4, -0.2) is 17.5 Å². The van der Waals surface area contributed by atoms with Gasteiger partial charge in [-0.25, -0.2) is 0 Å². The highest BCUT2D eigenvalue weighted by Crippen LogP contribution is 2.22. The first-order valence-corrected chi connectivity index (χ1v) is 5.20. The summed E-state index contributed by atoms with van der Waals surface area (Å²) >= 11 is 0. The lowest BCUT2D eigenvalue weighted by atomic mass is 9.91. The van der Waals surface area contributed by atoms with Crippen molar-refractivity contribution in [1.82, 2.24) is 0 Å². The van der Waals surface area contributed by atoms with Crippen LogP contribution in [0, 0.1) is 27.7 Å². The monoisotopic (exact) mass is 206 g/mol. The molecule has 0 saturated heterocycles. The van der Waals surface area contributed by atoms with Crippen molar-refractivity contribution in [1.29, 1.82) is 0 Å². The molecular weight excluding hydrogens is 188 g/mol. The van der Waals surface area contributed by atoms with E-state index in [-0.39, 0.29) is 18.8 Å². The Kier molecular flexibility index (Phi) is 3.64. The van der Waals surface area contributed by atoms with Gasteiger partial charge in [0.1, 0.15) is 0 Å². The fourth-order valence-electron chi connectivity index (χ4n) is 1.86. The number of hydrogen-bond acceptors (Lipinski definition) is 2. The van der Waals surface area contributed by atoms with Gasteiger partial charge in [-0.05, 0) is 49.9 Å². The number of aliphatic hydroxyl groups is 1. The number of rotatable bonds is 3. The highest BCUT2D eigenvalue weighted by molar-refractivity contribution is 5.99. The first kappa shape index (κ1) is 11.9. The molecule has 1 aromatic carbocycles.